The van der Waals surface area contributed by atoms with Gasteiger partial charge in [0.25, 0.3) is 0 Å². The summed E-state index contributed by atoms with van der Waals surface area (Å²) in [6, 6.07) is 10.3. The molecule has 0 unspecified atom stereocenters. The van der Waals surface area contributed by atoms with Gasteiger partial charge in [-0.25, -0.2) is 4.39 Å². The van der Waals surface area contributed by atoms with E-state index in [1.165, 1.54) is 6.07 Å². The predicted molar refractivity (Wildman–Crippen MR) is 85.1 cm³/mol. The molecule has 116 valence electrons. The van der Waals surface area contributed by atoms with Crippen LogP contribution in [-0.2, 0) is 11.2 Å². The number of amides is 1. The Kier molecular flexibility index (Phi) is 5.89. The molecule has 1 N–H and O–H groups in total. The van der Waals surface area contributed by atoms with Crippen LogP contribution in [0.5, 0.6) is 0 Å². The number of hydrogen-bond acceptors (Lipinski definition) is 3. The van der Waals surface area contributed by atoms with Gasteiger partial charge in [0.15, 0.2) is 0 Å². The second-order valence-corrected chi connectivity index (χ2v) is 5.08. The summed E-state index contributed by atoms with van der Waals surface area (Å²) in [7, 11) is 1.78. The summed E-state index contributed by atoms with van der Waals surface area (Å²) < 4.78 is 13.4. The fourth-order valence-corrected chi connectivity index (χ4v) is 2.07. The molecule has 0 atom stereocenters. The van der Waals surface area contributed by atoms with Gasteiger partial charge in [0.05, 0.1) is 5.69 Å². The molecule has 0 saturated heterocycles. The number of nitrogens with zero attached hydrogens (tertiary/aromatic N) is 2. The number of rotatable bonds is 7. The smallest absolute Gasteiger partial charge is 0.224 e. The molecule has 0 fully saturated rings. The maximum atomic E-state index is 13.4. The Bertz CT molecular complexity index is 604. The highest BCUT2D eigenvalue weighted by atomic mass is 19.1. The Morgan fingerprint density at radius 3 is 2.68 bits per heavy atom. The zero-order valence-corrected chi connectivity index (χ0v) is 12.6. The molecule has 1 aromatic heterocycles. The van der Waals surface area contributed by atoms with Crippen molar-refractivity contribution in [1.29, 1.82) is 0 Å². The van der Waals surface area contributed by atoms with Crippen LogP contribution in [0.15, 0.2) is 48.8 Å². The first-order chi connectivity index (χ1) is 10.7. The van der Waals surface area contributed by atoms with Crippen LogP contribution in [0.3, 0.4) is 0 Å². The van der Waals surface area contributed by atoms with E-state index in [1.54, 1.807) is 42.5 Å². The topological polar surface area (TPSA) is 45.2 Å². The van der Waals surface area contributed by atoms with Gasteiger partial charge in [-0.3, -0.25) is 9.78 Å². The average molecular weight is 301 g/mol. The number of para-hydroxylation sites is 1. The first-order valence-electron chi connectivity index (χ1n) is 7.28. The lowest BCUT2D eigenvalue weighted by Crippen LogP contribution is -2.30. The van der Waals surface area contributed by atoms with Crippen LogP contribution in [0.25, 0.3) is 0 Å². The maximum absolute atomic E-state index is 13.4. The van der Waals surface area contributed by atoms with Crippen LogP contribution < -0.4 is 5.32 Å². The van der Waals surface area contributed by atoms with E-state index in [9.17, 15) is 9.18 Å². The zero-order valence-electron chi connectivity index (χ0n) is 12.6. The van der Waals surface area contributed by atoms with Gasteiger partial charge in [-0.05, 0) is 36.2 Å². The molecule has 0 aliphatic heterocycles. The summed E-state index contributed by atoms with van der Waals surface area (Å²) >= 11 is 0. The number of aromatic nitrogens is 1. The van der Waals surface area contributed by atoms with Crippen molar-refractivity contribution in [3.63, 3.8) is 0 Å². The SMILES string of the molecule is CN(CCc1ccncc1)C(=O)CCNc1ccccc1F. The van der Waals surface area contributed by atoms with E-state index < -0.39 is 0 Å². The minimum absolute atomic E-state index is 0.0397. The molecule has 0 radical (unpaired) electrons. The van der Waals surface area contributed by atoms with Gasteiger partial charge < -0.3 is 10.2 Å². The van der Waals surface area contributed by atoms with Crippen LogP contribution in [-0.4, -0.2) is 35.9 Å². The van der Waals surface area contributed by atoms with Crippen molar-refractivity contribution in [2.24, 2.45) is 0 Å². The van der Waals surface area contributed by atoms with Crippen LogP contribution in [0, 0.1) is 5.82 Å². The second-order valence-electron chi connectivity index (χ2n) is 5.08. The van der Waals surface area contributed by atoms with E-state index in [-0.39, 0.29) is 11.7 Å². The molecule has 4 nitrogen and oxygen atoms in total. The first-order valence-corrected chi connectivity index (χ1v) is 7.28. The highest BCUT2D eigenvalue weighted by Crippen LogP contribution is 2.12. The summed E-state index contributed by atoms with van der Waals surface area (Å²) in [4.78, 5) is 17.7. The van der Waals surface area contributed by atoms with E-state index in [0.29, 0.717) is 25.2 Å². The maximum Gasteiger partial charge on any atom is 0.224 e. The molecule has 0 bridgehead atoms. The van der Waals surface area contributed by atoms with Crippen LogP contribution in [0.4, 0.5) is 10.1 Å². The summed E-state index contributed by atoms with van der Waals surface area (Å²) in [5.41, 5.74) is 1.58. The van der Waals surface area contributed by atoms with Crippen LogP contribution in [0.1, 0.15) is 12.0 Å². The summed E-state index contributed by atoms with van der Waals surface area (Å²) in [6.45, 7) is 1.07. The Morgan fingerprint density at radius 1 is 1.23 bits per heavy atom. The van der Waals surface area contributed by atoms with E-state index in [4.69, 9.17) is 0 Å². The molecule has 22 heavy (non-hydrogen) atoms. The van der Waals surface area contributed by atoms with Gasteiger partial charge in [0.1, 0.15) is 5.82 Å². The molecule has 1 heterocycles. The number of carbonyl (C=O) groups excluding carboxylic acids is 1. The number of pyridine rings is 1. The quantitative estimate of drug-likeness (QED) is 0.855. The molecular weight excluding hydrogens is 281 g/mol. The van der Waals surface area contributed by atoms with Crippen LogP contribution >= 0.6 is 0 Å². The van der Waals surface area contributed by atoms with Crippen molar-refractivity contribution in [3.05, 3.63) is 60.2 Å². The molecule has 0 aliphatic carbocycles. The second kappa shape index (κ2) is 8.12. The van der Waals surface area contributed by atoms with Gasteiger partial charge in [-0.1, -0.05) is 12.1 Å². The monoisotopic (exact) mass is 301 g/mol. The lowest BCUT2D eigenvalue weighted by atomic mass is 10.2. The number of benzene rings is 1. The van der Waals surface area contributed by atoms with Crippen molar-refractivity contribution in [3.8, 4) is 0 Å². The van der Waals surface area contributed by atoms with Gasteiger partial charge in [-0.2, -0.15) is 0 Å². The van der Waals surface area contributed by atoms with Gasteiger partial charge in [-0.15, -0.1) is 0 Å². The summed E-state index contributed by atoms with van der Waals surface area (Å²) in [5.74, 6) is -0.265. The Morgan fingerprint density at radius 2 is 1.95 bits per heavy atom. The average Bonchev–Trinajstić information content (AvgIpc) is 2.55. The van der Waals surface area contributed by atoms with E-state index >= 15 is 0 Å². The number of nitrogens with one attached hydrogen (secondary N) is 1. The Labute approximate surface area is 130 Å². The van der Waals surface area contributed by atoms with E-state index in [2.05, 4.69) is 10.3 Å². The normalized spacial score (nSPS) is 10.3. The van der Waals surface area contributed by atoms with Crippen molar-refractivity contribution in [2.75, 3.05) is 25.5 Å². The summed E-state index contributed by atoms with van der Waals surface area (Å²) in [6.07, 6.45) is 4.62. The van der Waals surface area contributed by atoms with Crippen molar-refractivity contribution in [1.82, 2.24) is 9.88 Å². The van der Waals surface area contributed by atoms with Gasteiger partial charge in [0, 0.05) is 39.0 Å². The molecule has 2 aromatic rings. The molecule has 1 aromatic carbocycles. The van der Waals surface area contributed by atoms with Crippen LogP contribution in [0.2, 0.25) is 0 Å². The van der Waals surface area contributed by atoms with E-state index in [1.807, 2.05) is 12.1 Å². The fraction of sp³-hybridized carbons (Fsp3) is 0.294. The van der Waals surface area contributed by atoms with E-state index in [0.717, 1.165) is 12.0 Å². The standard InChI is InChI=1S/C17H20FN3O/c1-21(13-9-14-6-10-19-11-7-14)17(22)8-12-20-16-5-3-2-4-15(16)18/h2-7,10-11,20H,8-9,12-13H2,1H3. The predicted octanol–water partition coefficient (Wildman–Crippen LogP) is 2.72. The fourth-order valence-electron chi connectivity index (χ4n) is 2.07. The molecule has 0 saturated carbocycles. The summed E-state index contributed by atoms with van der Waals surface area (Å²) in [5, 5.41) is 2.94. The lowest BCUT2D eigenvalue weighted by Gasteiger charge is -2.17. The third-order valence-corrected chi connectivity index (χ3v) is 3.44. The molecule has 0 spiro atoms. The molecule has 0 aliphatic rings. The minimum Gasteiger partial charge on any atom is -0.382 e. The first kappa shape index (κ1) is 15.9. The Hall–Kier alpha value is -2.43. The van der Waals surface area contributed by atoms with Crippen molar-refractivity contribution in [2.45, 2.75) is 12.8 Å². The molecule has 1 amide bonds. The lowest BCUT2D eigenvalue weighted by molar-refractivity contribution is -0.129. The third-order valence-electron chi connectivity index (χ3n) is 3.44. The minimum atomic E-state index is -0.305. The van der Waals surface area contributed by atoms with Gasteiger partial charge in [0.2, 0.25) is 5.91 Å². The number of hydrogen-bond donors (Lipinski definition) is 1. The highest BCUT2D eigenvalue weighted by Gasteiger charge is 2.09. The molecule has 2 rings (SSSR count). The number of anilines is 1. The molecular formula is C17H20FN3O. The number of halogens is 1. The van der Waals surface area contributed by atoms with Crippen molar-refractivity contribution < 1.29 is 9.18 Å². The largest absolute Gasteiger partial charge is 0.382 e. The third kappa shape index (κ3) is 4.84. The number of likely N-dealkylation sites (N-methyl/N-ethyl adjacent to an activating group) is 1. The molecule has 5 heteroatoms. The van der Waals surface area contributed by atoms with Gasteiger partial charge >= 0.3 is 0 Å². The number of carbonyl (C=O) groups is 1. The highest BCUT2D eigenvalue weighted by molar-refractivity contribution is 5.76. The zero-order chi connectivity index (χ0) is 15.8. The van der Waals surface area contributed by atoms with Crippen molar-refractivity contribution >= 4 is 11.6 Å². The Balaban J connectivity index is 1.71.